The number of hydrogen-bond acceptors (Lipinski definition) is 5. The summed E-state index contributed by atoms with van der Waals surface area (Å²) in [6.07, 6.45) is 1.49. The average molecular weight is 343 g/mol. The van der Waals surface area contributed by atoms with Gasteiger partial charge in [0.1, 0.15) is 11.5 Å². The standard InChI is InChI=1S/C18H17NO4S/c20-17(12-23-14-6-2-1-3-7-14)19-13-18(21,15-8-4-10-22-15)16-9-5-11-24-16/h1-11,21H,12-13H2,(H,19,20)/t18-/m0/s1. The number of carbonyl (C=O) groups is 1. The second kappa shape index (κ2) is 7.33. The molecule has 0 aliphatic rings. The number of benzene rings is 1. The van der Waals surface area contributed by atoms with Gasteiger partial charge in [-0.25, -0.2) is 0 Å². The first-order valence-electron chi connectivity index (χ1n) is 7.43. The highest BCUT2D eigenvalue weighted by Gasteiger charge is 2.36. The summed E-state index contributed by atoms with van der Waals surface area (Å²) in [5.41, 5.74) is -1.40. The molecule has 0 unspecified atom stereocenters. The Bertz CT molecular complexity index is 719. The van der Waals surface area contributed by atoms with E-state index in [-0.39, 0.29) is 19.1 Å². The Morgan fingerprint density at radius 2 is 2.00 bits per heavy atom. The van der Waals surface area contributed by atoms with E-state index in [0.717, 1.165) is 0 Å². The molecule has 1 atom stereocenters. The fraction of sp³-hybridized carbons (Fsp3) is 0.167. The van der Waals surface area contributed by atoms with Gasteiger partial charge in [-0.2, -0.15) is 0 Å². The van der Waals surface area contributed by atoms with E-state index in [1.165, 1.54) is 17.6 Å². The first kappa shape index (κ1) is 16.3. The number of aliphatic hydroxyl groups is 1. The molecule has 0 spiro atoms. The Balaban J connectivity index is 1.63. The third-order valence-electron chi connectivity index (χ3n) is 3.51. The zero-order chi connectivity index (χ0) is 16.8. The van der Waals surface area contributed by atoms with Crippen LogP contribution in [0.1, 0.15) is 10.6 Å². The van der Waals surface area contributed by atoms with Gasteiger partial charge in [0, 0.05) is 4.88 Å². The number of para-hydroxylation sites is 1. The lowest BCUT2D eigenvalue weighted by Gasteiger charge is -2.25. The van der Waals surface area contributed by atoms with Crippen molar-refractivity contribution >= 4 is 17.2 Å². The molecule has 0 aliphatic carbocycles. The molecule has 2 N–H and O–H groups in total. The smallest absolute Gasteiger partial charge is 0.258 e. The highest BCUT2D eigenvalue weighted by Crippen LogP contribution is 2.32. The van der Waals surface area contributed by atoms with Crippen LogP contribution in [0.3, 0.4) is 0 Å². The molecule has 24 heavy (non-hydrogen) atoms. The molecule has 0 radical (unpaired) electrons. The number of ether oxygens (including phenoxy) is 1. The van der Waals surface area contributed by atoms with E-state index in [2.05, 4.69) is 5.32 Å². The van der Waals surface area contributed by atoms with E-state index in [9.17, 15) is 9.90 Å². The fourth-order valence-electron chi connectivity index (χ4n) is 2.27. The average Bonchev–Trinajstić information content (AvgIpc) is 3.32. The topological polar surface area (TPSA) is 71.7 Å². The first-order valence-corrected chi connectivity index (χ1v) is 8.31. The first-order chi connectivity index (χ1) is 11.7. The molecule has 5 nitrogen and oxygen atoms in total. The van der Waals surface area contributed by atoms with Crippen molar-refractivity contribution in [1.29, 1.82) is 0 Å². The second-order valence-electron chi connectivity index (χ2n) is 5.19. The van der Waals surface area contributed by atoms with Crippen molar-refractivity contribution in [2.24, 2.45) is 0 Å². The SMILES string of the molecule is O=C(COc1ccccc1)NC[C@](O)(c1ccco1)c1cccs1. The van der Waals surface area contributed by atoms with Crippen molar-refractivity contribution < 1.29 is 19.1 Å². The molecule has 0 saturated carbocycles. The van der Waals surface area contributed by atoms with Crippen LogP contribution in [0, 0.1) is 0 Å². The van der Waals surface area contributed by atoms with E-state index in [4.69, 9.17) is 9.15 Å². The Morgan fingerprint density at radius 1 is 1.17 bits per heavy atom. The normalized spacial score (nSPS) is 13.2. The van der Waals surface area contributed by atoms with Crippen molar-refractivity contribution in [3.63, 3.8) is 0 Å². The van der Waals surface area contributed by atoms with Gasteiger partial charge in [0.2, 0.25) is 0 Å². The molecule has 1 aromatic carbocycles. The number of amides is 1. The van der Waals surface area contributed by atoms with Crippen LogP contribution in [0.15, 0.2) is 70.7 Å². The number of carbonyl (C=O) groups excluding carboxylic acids is 1. The maximum Gasteiger partial charge on any atom is 0.258 e. The summed E-state index contributed by atoms with van der Waals surface area (Å²) < 4.78 is 10.8. The van der Waals surface area contributed by atoms with Gasteiger partial charge >= 0.3 is 0 Å². The summed E-state index contributed by atoms with van der Waals surface area (Å²) in [5.74, 6) is 0.682. The molecule has 2 heterocycles. The fourth-order valence-corrected chi connectivity index (χ4v) is 3.10. The molecular weight excluding hydrogens is 326 g/mol. The summed E-state index contributed by atoms with van der Waals surface area (Å²) in [6.45, 7) is -0.124. The molecule has 0 fully saturated rings. The molecule has 3 aromatic rings. The summed E-state index contributed by atoms with van der Waals surface area (Å²) in [5, 5.41) is 15.6. The molecule has 124 valence electrons. The van der Waals surface area contributed by atoms with Crippen LogP contribution in [0.25, 0.3) is 0 Å². The van der Waals surface area contributed by atoms with E-state index >= 15 is 0 Å². The zero-order valence-corrected chi connectivity index (χ0v) is 13.7. The van der Waals surface area contributed by atoms with Gasteiger partial charge in [0.25, 0.3) is 5.91 Å². The summed E-state index contributed by atoms with van der Waals surface area (Å²) >= 11 is 1.40. The number of rotatable bonds is 7. The van der Waals surface area contributed by atoms with Crippen LogP contribution in [-0.2, 0) is 10.4 Å². The van der Waals surface area contributed by atoms with Crippen molar-refractivity contribution in [2.45, 2.75) is 5.60 Å². The predicted molar refractivity (Wildman–Crippen MR) is 91.0 cm³/mol. The quantitative estimate of drug-likeness (QED) is 0.692. The summed E-state index contributed by atoms with van der Waals surface area (Å²) in [7, 11) is 0. The van der Waals surface area contributed by atoms with Crippen LogP contribution in [0.4, 0.5) is 0 Å². The molecular formula is C18H17NO4S. The van der Waals surface area contributed by atoms with E-state index in [1.54, 1.807) is 30.3 Å². The maximum absolute atomic E-state index is 12.0. The van der Waals surface area contributed by atoms with Gasteiger partial charge in [-0.15, -0.1) is 11.3 Å². The zero-order valence-electron chi connectivity index (χ0n) is 12.8. The lowest BCUT2D eigenvalue weighted by atomic mass is 9.98. The van der Waals surface area contributed by atoms with Crippen molar-refractivity contribution in [2.75, 3.05) is 13.2 Å². The highest BCUT2D eigenvalue weighted by atomic mass is 32.1. The van der Waals surface area contributed by atoms with Crippen molar-refractivity contribution in [1.82, 2.24) is 5.32 Å². The number of hydrogen-bond donors (Lipinski definition) is 2. The van der Waals surface area contributed by atoms with Gasteiger partial charge in [0.05, 0.1) is 12.8 Å². The third kappa shape index (κ3) is 3.67. The molecule has 0 bridgehead atoms. The van der Waals surface area contributed by atoms with E-state index in [1.807, 2.05) is 29.6 Å². The van der Waals surface area contributed by atoms with Crippen LogP contribution < -0.4 is 10.1 Å². The van der Waals surface area contributed by atoms with Crippen LogP contribution >= 0.6 is 11.3 Å². The Labute approximate surface area is 143 Å². The number of furan rings is 1. The maximum atomic E-state index is 12.0. The largest absolute Gasteiger partial charge is 0.484 e. The van der Waals surface area contributed by atoms with Crippen molar-refractivity contribution in [3.8, 4) is 5.75 Å². The molecule has 1 amide bonds. The summed E-state index contributed by atoms with van der Waals surface area (Å²) in [6, 6.07) is 16.1. The number of thiophene rings is 1. The van der Waals surface area contributed by atoms with Gasteiger partial charge in [-0.05, 0) is 35.7 Å². The minimum atomic E-state index is -1.40. The lowest BCUT2D eigenvalue weighted by Crippen LogP contribution is -2.42. The Kier molecular flexibility index (Phi) is 4.98. The van der Waals surface area contributed by atoms with E-state index < -0.39 is 5.60 Å². The van der Waals surface area contributed by atoms with Gasteiger partial charge in [0.15, 0.2) is 12.2 Å². The highest BCUT2D eigenvalue weighted by molar-refractivity contribution is 7.10. The van der Waals surface area contributed by atoms with Crippen LogP contribution in [-0.4, -0.2) is 24.2 Å². The number of nitrogens with one attached hydrogen (secondary N) is 1. The second-order valence-corrected chi connectivity index (χ2v) is 6.14. The molecule has 2 aromatic heterocycles. The van der Waals surface area contributed by atoms with Crippen LogP contribution in [0.2, 0.25) is 0 Å². The van der Waals surface area contributed by atoms with Crippen molar-refractivity contribution in [3.05, 3.63) is 76.9 Å². The lowest BCUT2D eigenvalue weighted by molar-refractivity contribution is -0.124. The molecule has 3 rings (SSSR count). The minimum absolute atomic E-state index is 0.00197. The van der Waals surface area contributed by atoms with Gasteiger partial charge in [-0.1, -0.05) is 24.3 Å². The van der Waals surface area contributed by atoms with Gasteiger partial charge in [-0.3, -0.25) is 4.79 Å². The molecule has 0 aliphatic heterocycles. The minimum Gasteiger partial charge on any atom is -0.484 e. The Hall–Kier alpha value is -2.57. The van der Waals surface area contributed by atoms with Crippen LogP contribution in [0.5, 0.6) is 5.75 Å². The summed E-state index contributed by atoms with van der Waals surface area (Å²) in [4.78, 5) is 12.7. The molecule has 6 heteroatoms. The van der Waals surface area contributed by atoms with E-state index in [0.29, 0.717) is 16.4 Å². The monoisotopic (exact) mass is 343 g/mol. The Morgan fingerprint density at radius 3 is 2.67 bits per heavy atom. The third-order valence-corrected chi connectivity index (χ3v) is 4.53. The molecule has 0 saturated heterocycles. The predicted octanol–water partition coefficient (Wildman–Crippen LogP) is 2.77. The van der Waals surface area contributed by atoms with Gasteiger partial charge < -0.3 is 19.6 Å².